The van der Waals surface area contributed by atoms with E-state index in [0.29, 0.717) is 41.6 Å². The van der Waals surface area contributed by atoms with Gasteiger partial charge in [-0.3, -0.25) is 4.79 Å². The van der Waals surface area contributed by atoms with E-state index in [0.717, 1.165) is 11.1 Å². The van der Waals surface area contributed by atoms with Crippen molar-refractivity contribution in [2.75, 3.05) is 12.8 Å². The largest absolute Gasteiger partial charge is 0.366 e. The van der Waals surface area contributed by atoms with E-state index in [-0.39, 0.29) is 0 Å². The van der Waals surface area contributed by atoms with Crippen molar-refractivity contribution in [3.63, 3.8) is 0 Å². The van der Waals surface area contributed by atoms with Crippen LogP contribution in [0.25, 0.3) is 0 Å². The van der Waals surface area contributed by atoms with Gasteiger partial charge in [-0.05, 0) is 48.7 Å². The third-order valence-electron chi connectivity index (χ3n) is 4.07. The number of aliphatic imine (C=N–C) groups is 1. The molecule has 0 aliphatic carbocycles. The topological polar surface area (TPSA) is 114 Å². The summed E-state index contributed by atoms with van der Waals surface area (Å²) in [5, 5.41) is 6.39. The lowest BCUT2D eigenvalue weighted by atomic mass is 10.1. The Morgan fingerprint density at radius 3 is 2.46 bits per heavy atom. The molecule has 0 aliphatic rings. The summed E-state index contributed by atoms with van der Waals surface area (Å²) in [7, 11) is -3.23. The molecular formula is C20H26N4O3S. The number of hydrogen-bond donors (Lipinski definition) is 3. The number of nitrogens with two attached hydrogens (primary N) is 1. The number of carbonyl (C=O) groups excluding carboxylic acids is 1. The van der Waals surface area contributed by atoms with Gasteiger partial charge in [0.15, 0.2) is 15.8 Å². The van der Waals surface area contributed by atoms with Crippen LogP contribution in [-0.4, -0.2) is 33.1 Å². The third kappa shape index (κ3) is 6.09. The van der Waals surface area contributed by atoms with Crippen molar-refractivity contribution in [2.24, 2.45) is 10.7 Å². The number of nitrogens with one attached hydrogen (secondary N) is 2. The maximum Gasteiger partial charge on any atom is 0.248 e. The van der Waals surface area contributed by atoms with Crippen molar-refractivity contribution in [2.45, 2.75) is 31.8 Å². The summed E-state index contributed by atoms with van der Waals surface area (Å²) >= 11 is 0. The van der Waals surface area contributed by atoms with Crippen LogP contribution in [0.5, 0.6) is 0 Å². The van der Waals surface area contributed by atoms with Crippen LogP contribution in [0.4, 0.5) is 0 Å². The minimum absolute atomic E-state index is 0.339. The second-order valence-corrected chi connectivity index (χ2v) is 8.47. The van der Waals surface area contributed by atoms with Gasteiger partial charge >= 0.3 is 0 Å². The molecule has 4 N–H and O–H groups in total. The van der Waals surface area contributed by atoms with E-state index in [4.69, 9.17) is 5.73 Å². The molecule has 0 saturated carbocycles. The van der Waals surface area contributed by atoms with E-state index >= 15 is 0 Å². The minimum atomic E-state index is -3.23. The normalized spacial score (nSPS) is 11.9. The first-order chi connectivity index (χ1) is 13.2. The standard InChI is InChI=1S/C20H26N4O3S/c1-4-22-20(23-12-15-6-5-7-17(11-15)19(21)25)24-13-16-8-9-18(14(2)10-16)28(3,26)27/h5-11H,4,12-13H2,1-3H3,(H2,21,25)(H2,22,23,24). The molecule has 0 bridgehead atoms. The molecule has 0 spiro atoms. The molecule has 0 atom stereocenters. The van der Waals surface area contributed by atoms with E-state index in [1.165, 1.54) is 6.26 Å². The van der Waals surface area contributed by atoms with Crippen LogP contribution in [0.15, 0.2) is 52.4 Å². The first-order valence-electron chi connectivity index (χ1n) is 8.91. The number of amides is 1. The number of aryl methyl sites for hydroxylation is 1. The molecule has 0 fully saturated rings. The Kier molecular flexibility index (Phi) is 7.17. The molecule has 0 radical (unpaired) electrons. The van der Waals surface area contributed by atoms with Crippen LogP contribution in [0.3, 0.4) is 0 Å². The van der Waals surface area contributed by atoms with Gasteiger partial charge in [0.1, 0.15) is 0 Å². The summed E-state index contributed by atoms with van der Waals surface area (Å²) in [6.07, 6.45) is 1.20. The molecule has 2 rings (SSSR count). The molecule has 0 aromatic heterocycles. The number of carbonyl (C=O) groups is 1. The fourth-order valence-electron chi connectivity index (χ4n) is 2.76. The van der Waals surface area contributed by atoms with Gasteiger partial charge in [-0.25, -0.2) is 13.4 Å². The Labute approximate surface area is 166 Å². The summed E-state index contributed by atoms with van der Waals surface area (Å²) in [5.74, 6) is 0.153. The smallest absolute Gasteiger partial charge is 0.248 e. The van der Waals surface area contributed by atoms with Crippen LogP contribution in [-0.2, 0) is 22.9 Å². The molecule has 7 nitrogen and oxygen atoms in total. The SMILES string of the molecule is CCNC(=NCc1cccc(C(N)=O)c1)NCc1ccc(S(C)(=O)=O)c(C)c1. The molecule has 0 aliphatic heterocycles. The highest BCUT2D eigenvalue weighted by Crippen LogP contribution is 2.16. The summed E-state index contributed by atoms with van der Waals surface area (Å²) in [6, 6.07) is 12.3. The molecule has 0 unspecified atom stereocenters. The third-order valence-corrected chi connectivity index (χ3v) is 5.33. The lowest BCUT2D eigenvalue weighted by Crippen LogP contribution is -2.36. The molecular weight excluding hydrogens is 376 g/mol. The lowest BCUT2D eigenvalue weighted by molar-refractivity contribution is 0.1000. The molecule has 2 aromatic rings. The van der Waals surface area contributed by atoms with E-state index in [1.54, 1.807) is 37.3 Å². The molecule has 28 heavy (non-hydrogen) atoms. The van der Waals surface area contributed by atoms with Crippen LogP contribution in [0.2, 0.25) is 0 Å². The number of hydrogen-bond acceptors (Lipinski definition) is 4. The molecule has 2 aromatic carbocycles. The van der Waals surface area contributed by atoms with E-state index in [1.807, 2.05) is 19.1 Å². The number of guanidine groups is 1. The summed E-state index contributed by atoms with van der Waals surface area (Å²) in [5.41, 5.74) is 8.30. The van der Waals surface area contributed by atoms with E-state index in [2.05, 4.69) is 15.6 Å². The monoisotopic (exact) mass is 402 g/mol. The van der Waals surface area contributed by atoms with E-state index < -0.39 is 15.7 Å². The van der Waals surface area contributed by atoms with Crippen molar-refractivity contribution < 1.29 is 13.2 Å². The van der Waals surface area contributed by atoms with Gasteiger partial charge < -0.3 is 16.4 Å². The first-order valence-corrected chi connectivity index (χ1v) is 10.8. The maximum absolute atomic E-state index is 11.7. The Bertz CT molecular complexity index is 985. The maximum atomic E-state index is 11.7. The molecule has 0 saturated heterocycles. The van der Waals surface area contributed by atoms with E-state index in [9.17, 15) is 13.2 Å². The fourth-order valence-corrected chi connectivity index (χ4v) is 3.72. The Morgan fingerprint density at radius 2 is 1.86 bits per heavy atom. The number of sulfone groups is 1. The second kappa shape index (κ2) is 9.36. The quantitative estimate of drug-likeness (QED) is 0.482. The molecule has 8 heteroatoms. The number of benzene rings is 2. The van der Waals surface area contributed by atoms with Crippen molar-refractivity contribution in [1.82, 2.24) is 10.6 Å². The number of rotatable bonds is 7. The summed E-state index contributed by atoms with van der Waals surface area (Å²) < 4.78 is 23.5. The highest BCUT2D eigenvalue weighted by atomic mass is 32.2. The zero-order valence-corrected chi connectivity index (χ0v) is 17.1. The summed E-state index contributed by atoms with van der Waals surface area (Å²) in [4.78, 5) is 16.2. The molecule has 1 amide bonds. The zero-order chi connectivity index (χ0) is 20.7. The Hall–Kier alpha value is -2.87. The highest BCUT2D eigenvalue weighted by Gasteiger charge is 2.11. The van der Waals surface area contributed by atoms with Crippen molar-refractivity contribution in [3.8, 4) is 0 Å². The van der Waals surface area contributed by atoms with Crippen molar-refractivity contribution >= 4 is 21.7 Å². The zero-order valence-electron chi connectivity index (χ0n) is 16.3. The van der Waals surface area contributed by atoms with Crippen LogP contribution < -0.4 is 16.4 Å². The van der Waals surface area contributed by atoms with Crippen molar-refractivity contribution in [3.05, 3.63) is 64.7 Å². The number of primary amides is 1. The predicted octanol–water partition coefficient (Wildman–Crippen LogP) is 1.75. The fraction of sp³-hybridized carbons (Fsp3) is 0.300. The molecule has 0 heterocycles. The van der Waals surface area contributed by atoms with Gasteiger partial charge in [-0.15, -0.1) is 0 Å². The Balaban J connectivity index is 2.08. The van der Waals surface area contributed by atoms with Crippen LogP contribution >= 0.6 is 0 Å². The first kappa shape index (κ1) is 21.4. The molecule has 150 valence electrons. The van der Waals surface area contributed by atoms with Gasteiger partial charge in [-0.2, -0.15) is 0 Å². The lowest BCUT2D eigenvalue weighted by Gasteiger charge is -2.13. The van der Waals surface area contributed by atoms with Crippen LogP contribution in [0.1, 0.15) is 34.0 Å². The van der Waals surface area contributed by atoms with Gasteiger partial charge in [0.05, 0.1) is 11.4 Å². The van der Waals surface area contributed by atoms with Gasteiger partial charge in [0, 0.05) is 24.9 Å². The average molecular weight is 403 g/mol. The Morgan fingerprint density at radius 1 is 1.11 bits per heavy atom. The van der Waals surface area contributed by atoms with Gasteiger partial charge in [0.25, 0.3) is 0 Å². The number of nitrogens with zero attached hydrogens (tertiary/aromatic N) is 1. The van der Waals surface area contributed by atoms with Gasteiger partial charge in [0.2, 0.25) is 5.91 Å². The van der Waals surface area contributed by atoms with Gasteiger partial charge in [-0.1, -0.05) is 24.3 Å². The van der Waals surface area contributed by atoms with Crippen LogP contribution in [0, 0.1) is 6.92 Å². The van der Waals surface area contributed by atoms with Crippen molar-refractivity contribution in [1.29, 1.82) is 0 Å². The second-order valence-electron chi connectivity index (χ2n) is 6.49. The predicted molar refractivity (Wildman–Crippen MR) is 111 cm³/mol. The minimum Gasteiger partial charge on any atom is -0.366 e. The highest BCUT2D eigenvalue weighted by molar-refractivity contribution is 7.90. The average Bonchev–Trinajstić information content (AvgIpc) is 2.63. The summed E-state index contributed by atoms with van der Waals surface area (Å²) in [6.45, 7) is 5.33.